The van der Waals surface area contributed by atoms with E-state index in [9.17, 15) is 0 Å². The summed E-state index contributed by atoms with van der Waals surface area (Å²) in [7, 11) is 0. The van der Waals surface area contributed by atoms with Gasteiger partial charge in [-0.1, -0.05) is 38.2 Å². The first-order valence-electron chi connectivity index (χ1n) is 3.98. The van der Waals surface area contributed by atoms with Crippen LogP contribution in [0.1, 0.15) is 27.7 Å². The van der Waals surface area contributed by atoms with Gasteiger partial charge in [0.25, 0.3) is 0 Å². The molecule has 0 aliphatic rings. The maximum Gasteiger partial charge on any atom is -0.0202 e. The van der Waals surface area contributed by atoms with Crippen LogP contribution in [0.15, 0.2) is 24.3 Å². The standard InChI is InChI=1S/C10H18/c1-5-7-9(3)10(4)8-6-2/h5-10H,1-4H3. The Kier molecular flexibility index (Phi) is 5.00. The van der Waals surface area contributed by atoms with Gasteiger partial charge in [-0.05, 0) is 25.7 Å². The predicted molar refractivity (Wildman–Crippen MR) is 48.0 cm³/mol. The molecule has 0 radical (unpaired) electrons. The van der Waals surface area contributed by atoms with Gasteiger partial charge in [0.2, 0.25) is 0 Å². The SMILES string of the molecule is CC=CC(C)C(C)C=CC. The van der Waals surface area contributed by atoms with E-state index in [4.69, 9.17) is 0 Å². The second-order valence-electron chi connectivity index (χ2n) is 2.77. The van der Waals surface area contributed by atoms with Crippen LogP contribution in [0.2, 0.25) is 0 Å². The van der Waals surface area contributed by atoms with Gasteiger partial charge in [-0.2, -0.15) is 0 Å². The van der Waals surface area contributed by atoms with Crippen LogP contribution in [-0.4, -0.2) is 0 Å². The lowest BCUT2D eigenvalue weighted by atomic mass is 9.95. The molecular weight excluding hydrogens is 120 g/mol. The van der Waals surface area contributed by atoms with Crippen molar-refractivity contribution in [3.8, 4) is 0 Å². The van der Waals surface area contributed by atoms with Crippen molar-refractivity contribution in [3.63, 3.8) is 0 Å². The van der Waals surface area contributed by atoms with Crippen molar-refractivity contribution in [2.45, 2.75) is 27.7 Å². The smallest absolute Gasteiger partial charge is 0.0202 e. The summed E-state index contributed by atoms with van der Waals surface area (Å²) < 4.78 is 0. The Hall–Kier alpha value is -0.520. The lowest BCUT2D eigenvalue weighted by molar-refractivity contribution is 0.557. The molecule has 0 saturated heterocycles. The van der Waals surface area contributed by atoms with E-state index in [1.54, 1.807) is 0 Å². The third kappa shape index (κ3) is 3.49. The molecule has 0 amide bonds. The fraction of sp³-hybridized carbons (Fsp3) is 0.600. The molecule has 0 aromatic rings. The molecule has 0 rings (SSSR count). The summed E-state index contributed by atoms with van der Waals surface area (Å²) in [6.45, 7) is 8.62. The topological polar surface area (TPSA) is 0 Å². The first-order chi connectivity index (χ1) is 4.72. The summed E-state index contributed by atoms with van der Waals surface area (Å²) in [6.07, 6.45) is 8.71. The molecule has 0 heteroatoms. The molecule has 0 aromatic carbocycles. The van der Waals surface area contributed by atoms with Crippen molar-refractivity contribution in [2.75, 3.05) is 0 Å². The van der Waals surface area contributed by atoms with Crippen LogP contribution in [0, 0.1) is 11.8 Å². The molecular formula is C10H18. The van der Waals surface area contributed by atoms with Gasteiger partial charge in [0.15, 0.2) is 0 Å². The molecule has 10 heavy (non-hydrogen) atoms. The lowest BCUT2D eigenvalue weighted by Crippen LogP contribution is -2.00. The molecule has 0 aromatic heterocycles. The maximum absolute atomic E-state index is 2.24. The average molecular weight is 138 g/mol. The van der Waals surface area contributed by atoms with E-state index in [2.05, 4.69) is 52.0 Å². The summed E-state index contributed by atoms with van der Waals surface area (Å²) in [5.74, 6) is 1.34. The lowest BCUT2D eigenvalue weighted by Gasteiger charge is -2.10. The highest BCUT2D eigenvalue weighted by Gasteiger charge is 2.02. The Balaban J connectivity index is 3.81. The van der Waals surface area contributed by atoms with Crippen LogP contribution >= 0.6 is 0 Å². The minimum absolute atomic E-state index is 0.668. The summed E-state index contributed by atoms with van der Waals surface area (Å²) in [5.41, 5.74) is 0. The summed E-state index contributed by atoms with van der Waals surface area (Å²) >= 11 is 0. The molecule has 2 unspecified atom stereocenters. The van der Waals surface area contributed by atoms with Crippen LogP contribution in [0.3, 0.4) is 0 Å². The third-order valence-corrected chi connectivity index (χ3v) is 1.82. The van der Waals surface area contributed by atoms with Gasteiger partial charge >= 0.3 is 0 Å². The largest absolute Gasteiger partial charge is 0.0914 e. The first kappa shape index (κ1) is 9.48. The van der Waals surface area contributed by atoms with E-state index in [0.29, 0.717) is 11.8 Å². The molecule has 0 bridgehead atoms. The Bertz CT molecular complexity index is 104. The summed E-state index contributed by atoms with van der Waals surface area (Å²) in [4.78, 5) is 0. The van der Waals surface area contributed by atoms with Gasteiger partial charge in [0.1, 0.15) is 0 Å². The van der Waals surface area contributed by atoms with Crippen molar-refractivity contribution in [1.82, 2.24) is 0 Å². The van der Waals surface area contributed by atoms with Crippen LogP contribution in [-0.2, 0) is 0 Å². The van der Waals surface area contributed by atoms with Gasteiger partial charge in [-0.25, -0.2) is 0 Å². The monoisotopic (exact) mass is 138 g/mol. The average Bonchev–Trinajstić information content (AvgIpc) is 1.89. The fourth-order valence-corrected chi connectivity index (χ4v) is 0.958. The zero-order valence-corrected chi connectivity index (χ0v) is 7.46. The molecule has 0 heterocycles. The number of hydrogen-bond acceptors (Lipinski definition) is 0. The molecule has 0 aliphatic carbocycles. The second kappa shape index (κ2) is 5.28. The van der Waals surface area contributed by atoms with Crippen LogP contribution in [0.4, 0.5) is 0 Å². The Labute approximate surface area is 64.6 Å². The molecule has 2 atom stereocenters. The number of rotatable bonds is 3. The van der Waals surface area contributed by atoms with Crippen molar-refractivity contribution in [1.29, 1.82) is 0 Å². The highest BCUT2D eigenvalue weighted by atomic mass is 14.1. The van der Waals surface area contributed by atoms with Crippen LogP contribution in [0.25, 0.3) is 0 Å². The highest BCUT2D eigenvalue weighted by molar-refractivity contribution is 4.94. The maximum atomic E-state index is 2.24. The van der Waals surface area contributed by atoms with Gasteiger partial charge in [0, 0.05) is 0 Å². The Morgan fingerprint density at radius 1 is 0.800 bits per heavy atom. The van der Waals surface area contributed by atoms with Crippen LogP contribution in [0.5, 0.6) is 0 Å². The van der Waals surface area contributed by atoms with Gasteiger partial charge in [0.05, 0.1) is 0 Å². The minimum Gasteiger partial charge on any atom is -0.0914 e. The van der Waals surface area contributed by atoms with Gasteiger partial charge in [-0.15, -0.1) is 0 Å². The van der Waals surface area contributed by atoms with E-state index in [1.165, 1.54) is 0 Å². The zero-order chi connectivity index (χ0) is 7.98. The number of hydrogen-bond donors (Lipinski definition) is 0. The predicted octanol–water partition coefficient (Wildman–Crippen LogP) is 3.41. The molecule has 58 valence electrons. The van der Waals surface area contributed by atoms with E-state index in [1.807, 2.05) is 0 Å². The molecule has 0 nitrogen and oxygen atoms in total. The normalized spacial score (nSPS) is 18.4. The van der Waals surface area contributed by atoms with Crippen molar-refractivity contribution >= 4 is 0 Å². The third-order valence-electron chi connectivity index (χ3n) is 1.82. The fourth-order valence-electron chi connectivity index (χ4n) is 0.958. The highest BCUT2D eigenvalue weighted by Crippen LogP contribution is 2.13. The Morgan fingerprint density at radius 2 is 1.10 bits per heavy atom. The Morgan fingerprint density at radius 3 is 1.30 bits per heavy atom. The molecule has 0 aliphatic heterocycles. The zero-order valence-electron chi connectivity index (χ0n) is 7.46. The summed E-state index contributed by atoms with van der Waals surface area (Å²) in [5, 5.41) is 0. The van der Waals surface area contributed by atoms with Crippen molar-refractivity contribution in [2.24, 2.45) is 11.8 Å². The van der Waals surface area contributed by atoms with Gasteiger partial charge < -0.3 is 0 Å². The molecule has 0 fully saturated rings. The molecule has 0 N–H and O–H groups in total. The van der Waals surface area contributed by atoms with E-state index >= 15 is 0 Å². The molecule has 0 saturated carbocycles. The minimum atomic E-state index is 0.668. The molecule has 0 spiro atoms. The van der Waals surface area contributed by atoms with E-state index in [0.717, 1.165) is 0 Å². The van der Waals surface area contributed by atoms with Crippen LogP contribution < -0.4 is 0 Å². The van der Waals surface area contributed by atoms with E-state index in [-0.39, 0.29) is 0 Å². The summed E-state index contributed by atoms with van der Waals surface area (Å²) in [6, 6.07) is 0. The van der Waals surface area contributed by atoms with Crippen molar-refractivity contribution in [3.05, 3.63) is 24.3 Å². The first-order valence-corrected chi connectivity index (χ1v) is 3.98. The second-order valence-corrected chi connectivity index (χ2v) is 2.77. The van der Waals surface area contributed by atoms with Crippen molar-refractivity contribution < 1.29 is 0 Å². The quantitative estimate of drug-likeness (QED) is 0.524. The van der Waals surface area contributed by atoms with E-state index < -0.39 is 0 Å². The van der Waals surface area contributed by atoms with Gasteiger partial charge in [-0.3, -0.25) is 0 Å². The number of allylic oxidation sites excluding steroid dienone is 4.